The first-order valence-corrected chi connectivity index (χ1v) is 11.6. The average molecular weight is 523 g/mol. The summed E-state index contributed by atoms with van der Waals surface area (Å²) < 4.78 is 15.1. The molecule has 1 saturated heterocycles. The summed E-state index contributed by atoms with van der Waals surface area (Å²) in [6.07, 6.45) is 0. The zero-order valence-corrected chi connectivity index (χ0v) is 19.7. The van der Waals surface area contributed by atoms with Gasteiger partial charge in [-0.2, -0.15) is 0 Å². The van der Waals surface area contributed by atoms with Crippen LogP contribution in [0.1, 0.15) is 22.7 Å². The molecule has 1 aliphatic heterocycles. The van der Waals surface area contributed by atoms with Gasteiger partial charge < -0.3 is 5.11 Å². The van der Waals surface area contributed by atoms with Crippen molar-refractivity contribution in [1.82, 2.24) is 4.98 Å². The molecule has 33 heavy (non-hydrogen) atoms. The van der Waals surface area contributed by atoms with Gasteiger partial charge in [-0.3, -0.25) is 14.5 Å². The van der Waals surface area contributed by atoms with E-state index in [1.165, 1.54) is 40.5 Å². The number of hydrogen-bond acceptors (Lipinski definition) is 5. The van der Waals surface area contributed by atoms with Gasteiger partial charge in [0.15, 0.2) is 5.13 Å². The lowest BCUT2D eigenvalue weighted by molar-refractivity contribution is -0.132. The number of amides is 1. The third kappa shape index (κ3) is 3.75. The molecule has 1 fully saturated rings. The Kier molecular flexibility index (Phi) is 5.34. The smallest absolute Gasteiger partial charge is 0.301 e. The topological polar surface area (TPSA) is 70.5 Å². The Balaban J connectivity index is 1.74. The number of carbonyl (C=O) groups is 2. The fourth-order valence-electron chi connectivity index (χ4n) is 3.91. The molecule has 0 radical (unpaired) electrons. The Labute approximate surface area is 200 Å². The average Bonchev–Trinajstić information content (AvgIpc) is 3.32. The standard InChI is InChI=1S/C25H16BrFN2O3S/c1-13-5-10-18-19(11-13)33-25(28-18)29-21(15-3-2-4-16(26)12-15)20(23(31)24(29)32)22(30)14-6-8-17(27)9-7-14/h2-12,21,30H,1H3/t21-/m0/s1. The number of thiazole rings is 1. The summed E-state index contributed by atoms with van der Waals surface area (Å²) in [7, 11) is 0. The molecule has 164 valence electrons. The first-order chi connectivity index (χ1) is 15.8. The highest BCUT2D eigenvalue weighted by atomic mass is 79.9. The first kappa shape index (κ1) is 21.5. The Hall–Kier alpha value is -3.36. The number of fused-ring (bicyclic) bond motifs is 1. The molecule has 8 heteroatoms. The summed E-state index contributed by atoms with van der Waals surface area (Å²) >= 11 is 4.74. The van der Waals surface area contributed by atoms with Gasteiger partial charge >= 0.3 is 5.91 Å². The molecule has 1 atom stereocenters. The van der Waals surface area contributed by atoms with Crippen LogP contribution in [-0.4, -0.2) is 21.8 Å². The van der Waals surface area contributed by atoms with Crippen molar-refractivity contribution < 1.29 is 19.1 Å². The number of aliphatic hydroxyl groups is 1. The van der Waals surface area contributed by atoms with Crippen LogP contribution in [-0.2, 0) is 9.59 Å². The summed E-state index contributed by atoms with van der Waals surface area (Å²) in [5, 5.41) is 11.4. The van der Waals surface area contributed by atoms with Crippen LogP contribution < -0.4 is 4.90 Å². The van der Waals surface area contributed by atoms with Crippen LogP contribution in [0.5, 0.6) is 0 Å². The van der Waals surface area contributed by atoms with E-state index in [9.17, 15) is 19.1 Å². The summed E-state index contributed by atoms with van der Waals surface area (Å²) in [5.74, 6) is -2.44. The third-order valence-electron chi connectivity index (χ3n) is 5.47. The van der Waals surface area contributed by atoms with Crippen molar-refractivity contribution in [3.05, 3.63) is 99.3 Å². The van der Waals surface area contributed by atoms with E-state index in [2.05, 4.69) is 20.9 Å². The van der Waals surface area contributed by atoms with Crippen molar-refractivity contribution in [2.24, 2.45) is 0 Å². The highest BCUT2D eigenvalue weighted by Gasteiger charge is 2.48. The second kappa shape index (κ2) is 8.20. The molecular weight excluding hydrogens is 507 g/mol. The summed E-state index contributed by atoms with van der Waals surface area (Å²) in [4.78, 5) is 32.4. The van der Waals surface area contributed by atoms with Crippen molar-refractivity contribution >= 4 is 60.1 Å². The minimum absolute atomic E-state index is 0.0693. The number of rotatable bonds is 3. The number of aromatic nitrogens is 1. The minimum atomic E-state index is -0.894. The highest BCUT2D eigenvalue weighted by Crippen LogP contribution is 2.44. The van der Waals surface area contributed by atoms with Gasteiger partial charge in [0.2, 0.25) is 0 Å². The number of halogens is 2. The Morgan fingerprint density at radius 1 is 1.09 bits per heavy atom. The SMILES string of the molecule is Cc1ccc2nc(N3C(=O)C(=O)C(=C(O)c4ccc(F)cc4)[C@@H]3c3cccc(Br)c3)sc2c1. The predicted molar refractivity (Wildman–Crippen MR) is 130 cm³/mol. The number of ketones is 1. The fraction of sp³-hybridized carbons (Fsp3) is 0.0800. The lowest BCUT2D eigenvalue weighted by Crippen LogP contribution is -2.29. The van der Waals surface area contributed by atoms with Gasteiger partial charge in [0, 0.05) is 10.0 Å². The lowest BCUT2D eigenvalue weighted by atomic mass is 9.95. The number of nitrogens with zero attached hydrogens (tertiary/aromatic N) is 2. The van der Waals surface area contributed by atoms with Crippen LogP contribution in [0.2, 0.25) is 0 Å². The first-order valence-electron chi connectivity index (χ1n) is 10.0. The molecule has 0 saturated carbocycles. The normalized spacial score (nSPS) is 17.8. The Morgan fingerprint density at radius 3 is 2.58 bits per heavy atom. The van der Waals surface area contributed by atoms with Crippen molar-refractivity contribution in [2.75, 3.05) is 4.90 Å². The third-order valence-corrected chi connectivity index (χ3v) is 6.98. The minimum Gasteiger partial charge on any atom is -0.507 e. The quantitative estimate of drug-likeness (QED) is 0.199. The monoisotopic (exact) mass is 522 g/mol. The molecule has 0 aliphatic carbocycles. The molecule has 0 unspecified atom stereocenters. The van der Waals surface area contributed by atoms with Crippen molar-refractivity contribution in [3.8, 4) is 0 Å². The van der Waals surface area contributed by atoms with Crippen molar-refractivity contribution in [3.63, 3.8) is 0 Å². The van der Waals surface area contributed by atoms with Gasteiger partial charge in [0.1, 0.15) is 11.6 Å². The lowest BCUT2D eigenvalue weighted by Gasteiger charge is -2.23. The molecular formula is C25H16BrFN2O3S. The maximum Gasteiger partial charge on any atom is 0.301 e. The Bertz CT molecular complexity index is 1460. The molecule has 1 aliphatic rings. The molecule has 5 nitrogen and oxygen atoms in total. The van der Waals surface area contributed by atoms with Crippen molar-refractivity contribution in [1.29, 1.82) is 0 Å². The van der Waals surface area contributed by atoms with Crippen molar-refractivity contribution in [2.45, 2.75) is 13.0 Å². The van der Waals surface area contributed by atoms with Gasteiger partial charge in [0.05, 0.1) is 21.8 Å². The number of carbonyl (C=O) groups excluding carboxylic acids is 2. The zero-order valence-electron chi connectivity index (χ0n) is 17.3. The maximum absolute atomic E-state index is 13.4. The van der Waals surface area contributed by atoms with Crippen LogP contribution in [0.4, 0.5) is 9.52 Å². The molecule has 1 amide bonds. The molecule has 0 bridgehead atoms. The number of Topliss-reactive ketones (excluding diaryl/α,β-unsaturated/α-hetero) is 1. The molecule has 3 aromatic carbocycles. The van der Waals surface area contributed by atoms with Gasteiger partial charge in [-0.15, -0.1) is 0 Å². The van der Waals surface area contributed by atoms with E-state index >= 15 is 0 Å². The van der Waals surface area contributed by atoms with Crippen LogP contribution in [0.25, 0.3) is 16.0 Å². The van der Waals surface area contributed by atoms with E-state index in [1.807, 2.05) is 31.2 Å². The number of aliphatic hydroxyl groups excluding tert-OH is 1. The molecule has 4 aromatic rings. The highest BCUT2D eigenvalue weighted by molar-refractivity contribution is 9.10. The largest absolute Gasteiger partial charge is 0.507 e. The number of benzene rings is 3. The van der Waals surface area contributed by atoms with E-state index in [-0.39, 0.29) is 16.9 Å². The van der Waals surface area contributed by atoms with Crippen LogP contribution in [0, 0.1) is 12.7 Å². The van der Waals surface area contributed by atoms with Gasteiger partial charge in [-0.25, -0.2) is 9.37 Å². The van der Waals surface area contributed by atoms with E-state index in [0.29, 0.717) is 16.2 Å². The maximum atomic E-state index is 13.4. The summed E-state index contributed by atoms with van der Waals surface area (Å²) in [5.41, 5.74) is 2.57. The molecule has 5 rings (SSSR count). The van der Waals surface area contributed by atoms with Gasteiger partial charge in [0.25, 0.3) is 5.78 Å². The molecule has 2 heterocycles. The summed E-state index contributed by atoms with van der Waals surface area (Å²) in [6.45, 7) is 1.97. The number of aryl methyl sites for hydroxylation is 1. The van der Waals surface area contributed by atoms with E-state index < -0.39 is 23.5 Å². The second-order valence-electron chi connectivity index (χ2n) is 7.70. The molecule has 0 spiro atoms. The predicted octanol–water partition coefficient (Wildman–Crippen LogP) is 6.13. The van der Waals surface area contributed by atoms with Gasteiger partial charge in [-0.1, -0.05) is 45.5 Å². The van der Waals surface area contributed by atoms with E-state index in [4.69, 9.17) is 0 Å². The summed E-state index contributed by atoms with van der Waals surface area (Å²) in [6, 6.07) is 17.2. The number of anilines is 1. The molecule has 1 aromatic heterocycles. The zero-order chi connectivity index (χ0) is 23.3. The molecule has 1 N–H and O–H groups in total. The van der Waals surface area contributed by atoms with Crippen LogP contribution in [0.3, 0.4) is 0 Å². The Morgan fingerprint density at radius 2 is 1.85 bits per heavy atom. The number of hydrogen-bond donors (Lipinski definition) is 1. The van der Waals surface area contributed by atoms with Crippen LogP contribution >= 0.6 is 27.3 Å². The fourth-order valence-corrected chi connectivity index (χ4v) is 5.42. The van der Waals surface area contributed by atoms with Gasteiger partial charge in [-0.05, 0) is 66.6 Å². The second-order valence-corrected chi connectivity index (χ2v) is 9.62. The van der Waals surface area contributed by atoms with E-state index in [1.54, 1.807) is 18.2 Å². The van der Waals surface area contributed by atoms with Crippen LogP contribution in [0.15, 0.2) is 76.8 Å². The van der Waals surface area contributed by atoms with E-state index in [0.717, 1.165) is 14.7 Å².